The zero-order valence-electron chi connectivity index (χ0n) is 11.6. The van der Waals surface area contributed by atoms with Crippen LogP contribution < -0.4 is 10.9 Å². The average molecular weight is 259 g/mol. The molecule has 19 heavy (non-hydrogen) atoms. The van der Waals surface area contributed by atoms with Crippen LogP contribution in [0.1, 0.15) is 45.0 Å². The fourth-order valence-electron chi connectivity index (χ4n) is 2.10. The van der Waals surface area contributed by atoms with Gasteiger partial charge in [-0.3, -0.25) is 4.79 Å². The summed E-state index contributed by atoms with van der Waals surface area (Å²) in [6.07, 6.45) is 3.58. The van der Waals surface area contributed by atoms with Crippen LogP contribution in [0.15, 0.2) is 29.1 Å². The number of hydrogen-bond donors (Lipinski definition) is 2. The van der Waals surface area contributed by atoms with Gasteiger partial charge in [-0.05, 0) is 32.0 Å². The fourth-order valence-corrected chi connectivity index (χ4v) is 2.10. The molecule has 102 valence electrons. The van der Waals surface area contributed by atoms with E-state index in [-0.39, 0.29) is 11.6 Å². The van der Waals surface area contributed by atoms with E-state index < -0.39 is 0 Å². The maximum atomic E-state index is 12.0. The highest BCUT2D eigenvalue weighted by atomic mass is 16.1. The minimum absolute atomic E-state index is 0.0640. The second-order valence-corrected chi connectivity index (χ2v) is 4.85. The first-order valence-corrected chi connectivity index (χ1v) is 6.94. The molecular weight excluding hydrogens is 238 g/mol. The number of aromatic amines is 1. The molecule has 4 nitrogen and oxygen atoms in total. The molecule has 1 atom stereocenters. The Morgan fingerprint density at radius 2 is 2.11 bits per heavy atom. The summed E-state index contributed by atoms with van der Waals surface area (Å²) in [6, 6.07) is 7.49. The van der Waals surface area contributed by atoms with Crippen molar-refractivity contribution in [3.8, 4) is 0 Å². The maximum Gasteiger partial charge on any atom is 0.258 e. The Kier molecular flexibility index (Phi) is 4.68. The van der Waals surface area contributed by atoms with Gasteiger partial charge in [0, 0.05) is 0 Å². The summed E-state index contributed by atoms with van der Waals surface area (Å²) in [6.45, 7) is 5.16. The first-order chi connectivity index (χ1) is 9.22. The number of hydrogen-bond acceptors (Lipinski definition) is 3. The van der Waals surface area contributed by atoms with Crippen molar-refractivity contribution in [2.45, 2.75) is 39.2 Å². The van der Waals surface area contributed by atoms with E-state index in [0.29, 0.717) is 11.2 Å². The molecule has 0 aliphatic carbocycles. The summed E-state index contributed by atoms with van der Waals surface area (Å²) in [4.78, 5) is 19.3. The summed E-state index contributed by atoms with van der Waals surface area (Å²) in [5.41, 5.74) is 0.686. The smallest absolute Gasteiger partial charge is 0.258 e. The fraction of sp³-hybridized carbons (Fsp3) is 0.467. The van der Waals surface area contributed by atoms with Gasteiger partial charge in [0.05, 0.1) is 16.9 Å². The molecule has 2 rings (SSSR count). The number of fused-ring (bicyclic) bond motifs is 1. The lowest BCUT2D eigenvalue weighted by atomic mass is 10.2. The molecule has 0 saturated carbocycles. The summed E-state index contributed by atoms with van der Waals surface area (Å²) in [5.74, 6) is 0.709. The lowest BCUT2D eigenvalue weighted by molar-refractivity contribution is 0.524. The van der Waals surface area contributed by atoms with Crippen molar-refractivity contribution < 1.29 is 0 Å². The van der Waals surface area contributed by atoms with E-state index in [0.717, 1.165) is 18.5 Å². The van der Waals surface area contributed by atoms with Gasteiger partial charge >= 0.3 is 0 Å². The summed E-state index contributed by atoms with van der Waals surface area (Å²) in [7, 11) is 0. The van der Waals surface area contributed by atoms with Crippen LogP contribution in [-0.4, -0.2) is 16.5 Å². The second kappa shape index (κ2) is 6.48. The Hall–Kier alpha value is -1.68. The molecule has 2 aromatic rings. The largest absolute Gasteiger partial charge is 0.309 e. The molecule has 2 N–H and O–H groups in total. The monoisotopic (exact) mass is 259 g/mol. The van der Waals surface area contributed by atoms with Crippen molar-refractivity contribution in [3.63, 3.8) is 0 Å². The SMILES string of the molecule is CCCCCN[C@H](C)c1nc2ccccc2c(=O)[nH]1. The molecule has 0 radical (unpaired) electrons. The van der Waals surface area contributed by atoms with Crippen molar-refractivity contribution in [1.82, 2.24) is 15.3 Å². The predicted molar refractivity (Wildman–Crippen MR) is 78.3 cm³/mol. The molecule has 1 aromatic heterocycles. The van der Waals surface area contributed by atoms with Gasteiger partial charge < -0.3 is 10.3 Å². The molecule has 0 bridgehead atoms. The number of nitrogens with zero attached hydrogens (tertiary/aromatic N) is 1. The van der Waals surface area contributed by atoms with Crippen molar-refractivity contribution in [2.24, 2.45) is 0 Å². The normalized spacial score (nSPS) is 12.7. The van der Waals surface area contributed by atoms with Gasteiger partial charge in [-0.1, -0.05) is 31.9 Å². The lowest BCUT2D eigenvalue weighted by Gasteiger charge is -2.13. The number of H-pyrrole nitrogens is 1. The number of aromatic nitrogens is 2. The Balaban J connectivity index is 2.14. The Bertz CT molecular complexity index is 591. The maximum absolute atomic E-state index is 12.0. The Labute approximate surface area is 113 Å². The molecule has 0 saturated heterocycles. The van der Waals surface area contributed by atoms with Crippen LogP contribution in [0.25, 0.3) is 10.9 Å². The standard InChI is InChI=1S/C15H21N3O/c1-3-4-7-10-16-11(2)14-17-13-9-6-5-8-12(13)15(19)18-14/h5-6,8-9,11,16H,3-4,7,10H2,1-2H3,(H,17,18,19)/t11-/m1/s1. The van der Waals surface area contributed by atoms with E-state index in [2.05, 4.69) is 22.2 Å². The van der Waals surface area contributed by atoms with Crippen LogP contribution >= 0.6 is 0 Å². The average Bonchev–Trinajstić information content (AvgIpc) is 2.43. The zero-order valence-corrected chi connectivity index (χ0v) is 11.6. The number of benzene rings is 1. The quantitative estimate of drug-likeness (QED) is 0.784. The number of rotatable bonds is 6. The van der Waals surface area contributed by atoms with Crippen molar-refractivity contribution in [3.05, 3.63) is 40.4 Å². The van der Waals surface area contributed by atoms with E-state index in [1.54, 1.807) is 6.07 Å². The van der Waals surface area contributed by atoms with E-state index in [9.17, 15) is 4.79 Å². The van der Waals surface area contributed by atoms with Crippen molar-refractivity contribution >= 4 is 10.9 Å². The number of nitrogens with one attached hydrogen (secondary N) is 2. The lowest BCUT2D eigenvalue weighted by Crippen LogP contribution is -2.24. The highest BCUT2D eigenvalue weighted by molar-refractivity contribution is 5.77. The highest BCUT2D eigenvalue weighted by Gasteiger charge is 2.09. The molecule has 1 aromatic carbocycles. The predicted octanol–water partition coefficient (Wildman–Crippen LogP) is 2.76. The summed E-state index contributed by atoms with van der Waals surface area (Å²) in [5, 5.41) is 4.04. The van der Waals surface area contributed by atoms with Crippen molar-refractivity contribution in [1.29, 1.82) is 0 Å². The molecule has 0 aliphatic rings. The van der Waals surface area contributed by atoms with E-state index in [1.165, 1.54) is 12.8 Å². The molecule has 4 heteroatoms. The van der Waals surface area contributed by atoms with Gasteiger partial charge in [0.1, 0.15) is 5.82 Å². The molecule has 0 unspecified atom stereocenters. The van der Waals surface area contributed by atoms with Crippen LogP contribution in [0.2, 0.25) is 0 Å². The van der Waals surface area contributed by atoms with Gasteiger partial charge in [0.2, 0.25) is 0 Å². The first kappa shape index (κ1) is 13.7. The second-order valence-electron chi connectivity index (χ2n) is 4.85. The molecule has 1 heterocycles. The van der Waals surface area contributed by atoms with Gasteiger partial charge in [-0.15, -0.1) is 0 Å². The summed E-state index contributed by atoms with van der Waals surface area (Å²) < 4.78 is 0. The Morgan fingerprint density at radius 1 is 1.32 bits per heavy atom. The molecular formula is C15H21N3O. The van der Waals surface area contributed by atoms with E-state index >= 15 is 0 Å². The van der Waals surface area contributed by atoms with E-state index in [1.807, 2.05) is 25.1 Å². The van der Waals surface area contributed by atoms with Gasteiger partial charge in [0.25, 0.3) is 5.56 Å². The van der Waals surface area contributed by atoms with Crippen LogP contribution in [0.3, 0.4) is 0 Å². The first-order valence-electron chi connectivity index (χ1n) is 6.94. The molecule has 0 spiro atoms. The minimum Gasteiger partial charge on any atom is -0.309 e. The molecule has 0 aliphatic heterocycles. The molecule has 0 fully saturated rings. The van der Waals surface area contributed by atoms with Gasteiger partial charge in [-0.2, -0.15) is 0 Å². The van der Waals surface area contributed by atoms with Gasteiger partial charge in [0.15, 0.2) is 0 Å². The summed E-state index contributed by atoms with van der Waals surface area (Å²) >= 11 is 0. The van der Waals surface area contributed by atoms with E-state index in [4.69, 9.17) is 0 Å². The highest BCUT2D eigenvalue weighted by Crippen LogP contribution is 2.10. The van der Waals surface area contributed by atoms with Crippen LogP contribution in [-0.2, 0) is 0 Å². The van der Waals surface area contributed by atoms with Gasteiger partial charge in [-0.25, -0.2) is 4.98 Å². The van der Waals surface area contributed by atoms with Crippen molar-refractivity contribution in [2.75, 3.05) is 6.54 Å². The third-order valence-electron chi connectivity index (χ3n) is 3.27. The minimum atomic E-state index is -0.0668. The number of para-hydroxylation sites is 1. The van der Waals surface area contributed by atoms with Crippen LogP contribution in [0.5, 0.6) is 0 Å². The Morgan fingerprint density at radius 3 is 2.89 bits per heavy atom. The van der Waals surface area contributed by atoms with Crippen LogP contribution in [0.4, 0.5) is 0 Å². The zero-order chi connectivity index (χ0) is 13.7. The topological polar surface area (TPSA) is 57.8 Å². The van der Waals surface area contributed by atoms with Crippen LogP contribution in [0, 0.1) is 0 Å². The number of unbranched alkanes of at least 4 members (excludes halogenated alkanes) is 2. The molecule has 0 amide bonds. The third-order valence-corrected chi connectivity index (χ3v) is 3.27. The third kappa shape index (κ3) is 3.41.